The van der Waals surface area contributed by atoms with Gasteiger partial charge in [-0.1, -0.05) is 54.1 Å². The highest BCUT2D eigenvalue weighted by molar-refractivity contribution is 6.30. The smallest absolute Gasteiger partial charge is 0.0994 e. The molecule has 0 saturated heterocycles. The molecular weight excluding hydrogens is 284 g/mol. The van der Waals surface area contributed by atoms with E-state index in [4.69, 9.17) is 22.2 Å². The van der Waals surface area contributed by atoms with Crippen LogP contribution in [0.3, 0.4) is 0 Å². The summed E-state index contributed by atoms with van der Waals surface area (Å²) in [7, 11) is 0. The molecule has 4 heteroatoms. The molecule has 3 nitrogen and oxygen atoms in total. The minimum absolute atomic E-state index is 0.00599. The summed E-state index contributed by atoms with van der Waals surface area (Å²) in [5, 5.41) is 0.737. The van der Waals surface area contributed by atoms with Crippen molar-refractivity contribution >= 4 is 11.6 Å². The van der Waals surface area contributed by atoms with Gasteiger partial charge in [0, 0.05) is 11.6 Å². The van der Waals surface area contributed by atoms with Crippen LogP contribution in [-0.4, -0.2) is 12.6 Å². The summed E-state index contributed by atoms with van der Waals surface area (Å²) < 4.78 is 5.91. The van der Waals surface area contributed by atoms with Crippen molar-refractivity contribution in [2.45, 2.75) is 25.5 Å². The van der Waals surface area contributed by atoms with E-state index < -0.39 is 0 Å². The number of hydrogen-bond donors (Lipinski definition) is 2. The zero-order chi connectivity index (χ0) is 15.1. The third-order valence-electron chi connectivity index (χ3n) is 3.42. The van der Waals surface area contributed by atoms with Crippen LogP contribution < -0.4 is 11.3 Å². The normalized spacial score (nSPS) is 13.9. The average Bonchev–Trinajstić information content (AvgIpc) is 2.53. The van der Waals surface area contributed by atoms with Crippen LogP contribution in [0.5, 0.6) is 0 Å². The number of ether oxygens (including phenoxy) is 1. The largest absolute Gasteiger partial charge is 0.372 e. The third kappa shape index (κ3) is 4.55. The lowest BCUT2D eigenvalue weighted by Crippen LogP contribution is -2.42. The molecule has 2 aromatic rings. The van der Waals surface area contributed by atoms with Crippen molar-refractivity contribution < 1.29 is 4.74 Å². The molecule has 0 aliphatic rings. The van der Waals surface area contributed by atoms with Crippen LogP contribution in [0.1, 0.15) is 24.2 Å². The SMILES string of the molecule is CCOC(c1ccccc1)C(Cc1ccc(Cl)cc1)NN. The van der Waals surface area contributed by atoms with Gasteiger partial charge in [-0.25, -0.2) is 0 Å². The number of hydrogen-bond acceptors (Lipinski definition) is 3. The topological polar surface area (TPSA) is 47.3 Å². The molecular formula is C17H21ClN2O. The van der Waals surface area contributed by atoms with Crippen molar-refractivity contribution in [1.29, 1.82) is 0 Å². The first-order chi connectivity index (χ1) is 10.2. The standard InChI is InChI=1S/C17H21ClN2O/c1-2-21-17(14-6-4-3-5-7-14)16(20-19)12-13-8-10-15(18)11-9-13/h3-11,16-17,20H,2,12,19H2,1H3. The molecule has 0 bridgehead atoms. The van der Waals surface area contributed by atoms with Gasteiger partial charge < -0.3 is 4.74 Å². The predicted octanol–water partition coefficient (Wildman–Crippen LogP) is 3.49. The van der Waals surface area contributed by atoms with E-state index in [1.54, 1.807) is 0 Å². The number of nitrogens with one attached hydrogen (secondary N) is 1. The van der Waals surface area contributed by atoms with Gasteiger partial charge in [0.05, 0.1) is 12.1 Å². The Morgan fingerprint density at radius 2 is 1.76 bits per heavy atom. The van der Waals surface area contributed by atoms with Crippen LogP contribution in [0.15, 0.2) is 54.6 Å². The number of hydrazine groups is 1. The van der Waals surface area contributed by atoms with Crippen molar-refractivity contribution in [2.24, 2.45) is 5.84 Å². The van der Waals surface area contributed by atoms with E-state index in [1.165, 1.54) is 5.56 Å². The fourth-order valence-corrected chi connectivity index (χ4v) is 2.52. The molecule has 0 aliphatic heterocycles. The lowest BCUT2D eigenvalue weighted by molar-refractivity contribution is 0.0332. The van der Waals surface area contributed by atoms with Gasteiger partial charge in [-0.3, -0.25) is 11.3 Å². The summed E-state index contributed by atoms with van der Waals surface area (Å²) in [6.07, 6.45) is 0.685. The van der Waals surface area contributed by atoms with Crippen molar-refractivity contribution in [3.05, 3.63) is 70.7 Å². The molecule has 3 N–H and O–H groups in total. The fraction of sp³-hybridized carbons (Fsp3) is 0.294. The van der Waals surface area contributed by atoms with E-state index in [0.717, 1.165) is 17.0 Å². The number of nitrogens with two attached hydrogens (primary N) is 1. The van der Waals surface area contributed by atoms with Crippen molar-refractivity contribution in [3.8, 4) is 0 Å². The van der Waals surface area contributed by atoms with Crippen LogP contribution in [0, 0.1) is 0 Å². The Labute approximate surface area is 131 Å². The summed E-state index contributed by atoms with van der Waals surface area (Å²) in [4.78, 5) is 0. The molecule has 2 unspecified atom stereocenters. The minimum atomic E-state index is -0.0862. The van der Waals surface area contributed by atoms with E-state index in [1.807, 2.05) is 49.4 Å². The first kappa shape index (κ1) is 16.0. The molecule has 0 aliphatic carbocycles. The summed E-state index contributed by atoms with van der Waals surface area (Å²) in [6.45, 7) is 2.63. The fourth-order valence-electron chi connectivity index (χ4n) is 2.39. The average molecular weight is 305 g/mol. The first-order valence-corrected chi connectivity index (χ1v) is 7.49. The quantitative estimate of drug-likeness (QED) is 0.608. The maximum Gasteiger partial charge on any atom is 0.0994 e. The molecule has 0 amide bonds. The van der Waals surface area contributed by atoms with Crippen LogP contribution in [0.25, 0.3) is 0 Å². The third-order valence-corrected chi connectivity index (χ3v) is 3.67. The number of benzene rings is 2. The second kappa shape index (κ2) is 8.15. The highest BCUT2D eigenvalue weighted by Gasteiger charge is 2.22. The van der Waals surface area contributed by atoms with Gasteiger partial charge in [0.1, 0.15) is 0 Å². The van der Waals surface area contributed by atoms with Crippen molar-refractivity contribution in [1.82, 2.24) is 5.43 Å². The second-order valence-corrected chi connectivity index (χ2v) is 5.33. The van der Waals surface area contributed by atoms with Crippen LogP contribution in [0.2, 0.25) is 5.02 Å². The highest BCUT2D eigenvalue weighted by atomic mass is 35.5. The van der Waals surface area contributed by atoms with Gasteiger partial charge in [-0.05, 0) is 36.6 Å². The zero-order valence-corrected chi connectivity index (χ0v) is 12.9. The maximum atomic E-state index is 5.93. The van der Waals surface area contributed by atoms with Crippen molar-refractivity contribution in [2.75, 3.05) is 6.61 Å². The summed E-state index contributed by atoms with van der Waals surface area (Å²) in [5.41, 5.74) is 5.18. The van der Waals surface area contributed by atoms with Crippen molar-refractivity contribution in [3.63, 3.8) is 0 Å². The van der Waals surface area contributed by atoms with Gasteiger partial charge in [-0.15, -0.1) is 0 Å². The Balaban J connectivity index is 2.17. The molecule has 2 aromatic carbocycles. The monoisotopic (exact) mass is 304 g/mol. The van der Waals surface area contributed by atoms with Crippen LogP contribution >= 0.6 is 11.6 Å². The van der Waals surface area contributed by atoms with Crippen LogP contribution in [-0.2, 0) is 11.2 Å². The lowest BCUT2D eigenvalue weighted by Gasteiger charge is -2.27. The zero-order valence-electron chi connectivity index (χ0n) is 12.1. The number of halogens is 1. The Bertz CT molecular complexity index is 530. The lowest BCUT2D eigenvalue weighted by atomic mass is 9.96. The van der Waals surface area contributed by atoms with Gasteiger partial charge in [0.25, 0.3) is 0 Å². The first-order valence-electron chi connectivity index (χ1n) is 7.11. The van der Waals surface area contributed by atoms with Gasteiger partial charge >= 0.3 is 0 Å². The summed E-state index contributed by atoms with van der Waals surface area (Å²) in [5.74, 6) is 5.76. The van der Waals surface area contributed by atoms with E-state index >= 15 is 0 Å². The number of rotatable bonds is 7. The molecule has 112 valence electrons. The van der Waals surface area contributed by atoms with Gasteiger partial charge in [0.15, 0.2) is 0 Å². The predicted molar refractivity (Wildman–Crippen MR) is 87.1 cm³/mol. The summed E-state index contributed by atoms with van der Waals surface area (Å²) in [6, 6.07) is 17.9. The van der Waals surface area contributed by atoms with E-state index in [2.05, 4.69) is 17.6 Å². The Morgan fingerprint density at radius 3 is 2.33 bits per heavy atom. The van der Waals surface area contributed by atoms with Gasteiger partial charge in [0.2, 0.25) is 0 Å². The van der Waals surface area contributed by atoms with E-state index in [-0.39, 0.29) is 12.1 Å². The van der Waals surface area contributed by atoms with E-state index in [9.17, 15) is 0 Å². The molecule has 0 spiro atoms. The Hall–Kier alpha value is -1.39. The molecule has 2 atom stereocenters. The highest BCUT2D eigenvalue weighted by Crippen LogP contribution is 2.24. The summed E-state index contributed by atoms with van der Waals surface area (Å²) >= 11 is 5.93. The Kier molecular flexibility index (Phi) is 6.21. The maximum absolute atomic E-state index is 5.93. The van der Waals surface area contributed by atoms with E-state index in [0.29, 0.717) is 6.61 Å². The molecule has 2 rings (SSSR count). The second-order valence-electron chi connectivity index (χ2n) is 4.89. The van der Waals surface area contributed by atoms with Crippen LogP contribution in [0.4, 0.5) is 0 Å². The molecule has 21 heavy (non-hydrogen) atoms. The molecule has 0 heterocycles. The Morgan fingerprint density at radius 1 is 1.10 bits per heavy atom. The molecule has 0 saturated carbocycles. The minimum Gasteiger partial charge on any atom is -0.372 e. The molecule has 0 aromatic heterocycles. The molecule has 0 radical (unpaired) electrons. The molecule has 0 fully saturated rings. The van der Waals surface area contributed by atoms with Gasteiger partial charge in [-0.2, -0.15) is 0 Å².